The van der Waals surface area contributed by atoms with E-state index in [2.05, 4.69) is 28.0 Å². The Kier molecular flexibility index (Phi) is 7.59. The molecule has 0 spiro atoms. The Hall–Kier alpha value is -3.14. The van der Waals surface area contributed by atoms with E-state index in [1.807, 2.05) is 25.1 Å². The summed E-state index contributed by atoms with van der Waals surface area (Å²) in [7, 11) is -3.20. The maximum atomic E-state index is 13.5. The number of thiocarbonyl (C=S) groups is 1. The molecule has 0 bridgehead atoms. The molecular weight excluding hydrogens is 555 g/mol. The number of amides is 1. The van der Waals surface area contributed by atoms with Gasteiger partial charge in [-0.25, -0.2) is 8.42 Å². The Bertz CT molecular complexity index is 1570. The molecule has 0 radical (unpaired) electrons. The van der Waals surface area contributed by atoms with Crippen LogP contribution in [0.1, 0.15) is 30.0 Å². The largest absolute Gasteiger partial charge is 0.368 e. The molecule has 0 N–H and O–H groups in total. The maximum absolute atomic E-state index is 13.5. The summed E-state index contributed by atoms with van der Waals surface area (Å²) in [5.74, 6) is 0.292. The molecule has 2 aromatic rings. The second-order valence-electron chi connectivity index (χ2n) is 9.82. The number of sulfone groups is 1. The molecule has 204 valence electrons. The van der Waals surface area contributed by atoms with Crippen molar-refractivity contribution >= 4 is 61.6 Å². The Labute approximate surface area is 237 Å². The van der Waals surface area contributed by atoms with Gasteiger partial charge in [-0.3, -0.25) is 19.1 Å². The van der Waals surface area contributed by atoms with E-state index in [1.165, 1.54) is 4.90 Å². The number of benzene rings is 1. The smallest absolute Gasteiger partial charge is 0.270 e. The van der Waals surface area contributed by atoms with Gasteiger partial charge in [0.25, 0.3) is 11.5 Å². The van der Waals surface area contributed by atoms with Gasteiger partial charge in [-0.05, 0) is 44.0 Å². The lowest BCUT2D eigenvalue weighted by atomic mass is 10.0. The van der Waals surface area contributed by atoms with Gasteiger partial charge >= 0.3 is 0 Å². The van der Waals surface area contributed by atoms with Gasteiger partial charge in [0.05, 0.1) is 22.5 Å². The van der Waals surface area contributed by atoms with Gasteiger partial charge in [-0.15, -0.1) is 0 Å². The number of hydrogen-bond acceptors (Lipinski definition) is 9. The van der Waals surface area contributed by atoms with Crippen LogP contribution in [0.4, 0.5) is 11.5 Å². The predicted octanol–water partition coefficient (Wildman–Crippen LogP) is 2.76. The first kappa shape index (κ1) is 27.4. The highest BCUT2D eigenvalue weighted by Crippen LogP contribution is 2.38. The van der Waals surface area contributed by atoms with E-state index in [0.717, 1.165) is 30.5 Å². The summed E-state index contributed by atoms with van der Waals surface area (Å²) in [5, 5.41) is 9.83. The number of rotatable bonds is 5. The molecule has 1 amide bonds. The van der Waals surface area contributed by atoms with E-state index < -0.39 is 15.9 Å². The van der Waals surface area contributed by atoms with Crippen molar-refractivity contribution in [1.29, 1.82) is 5.26 Å². The van der Waals surface area contributed by atoms with Crippen LogP contribution in [0.5, 0.6) is 0 Å². The second-order valence-corrected chi connectivity index (χ2v) is 13.7. The number of anilines is 2. The number of aromatic nitrogens is 1. The fraction of sp³-hybridized carbons (Fsp3) is 0.407. The van der Waals surface area contributed by atoms with Crippen molar-refractivity contribution in [3.63, 3.8) is 0 Å². The third kappa shape index (κ3) is 5.11. The predicted molar refractivity (Wildman–Crippen MR) is 159 cm³/mol. The lowest BCUT2D eigenvalue weighted by Gasteiger charge is -2.39. The highest BCUT2D eigenvalue weighted by Gasteiger charge is 2.42. The number of nitrogens with zero attached hydrogens (tertiary/aromatic N) is 5. The SMILES string of the molecule is CCn1c(N2CCN(c3ccccc3)CC2)c(/C=C2/SC(=S)N(C3CCS(=O)(=O)C3)C2=O)c(C)c(C#N)c1=O. The average molecular weight is 584 g/mol. The van der Waals surface area contributed by atoms with Crippen LogP contribution in [0.25, 0.3) is 6.08 Å². The molecule has 3 aliphatic heterocycles. The Morgan fingerprint density at radius 2 is 1.79 bits per heavy atom. The average Bonchev–Trinajstić information content (AvgIpc) is 3.42. The highest BCUT2D eigenvalue weighted by molar-refractivity contribution is 8.26. The highest BCUT2D eigenvalue weighted by atomic mass is 32.2. The molecule has 39 heavy (non-hydrogen) atoms. The number of hydrogen-bond donors (Lipinski definition) is 0. The van der Waals surface area contributed by atoms with Crippen LogP contribution in [-0.4, -0.2) is 71.8 Å². The Balaban J connectivity index is 1.54. The van der Waals surface area contributed by atoms with Gasteiger partial charge < -0.3 is 9.80 Å². The molecule has 3 fully saturated rings. The number of carbonyl (C=O) groups is 1. The summed E-state index contributed by atoms with van der Waals surface area (Å²) in [4.78, 5) is 33.0. The van der Waals surface area contributed by atoms with Crippen molar-refractivity contribution in [3.8, 4) is 6.07 Å². The van der Waals surface area contributed by atoms with Crippen molar-refractivity contribution in [1.82, 2.24) is 9.47 Å². The Morgan fingerprint density at radius 3 is 2.38 bits per heavy atom. The number of pyridine rings is 1. The number of carbonyl (C=O) groups excluding carboxylic acids is 1. The van der Waals surface area contributed by atoms with E-state index in [0.29, 0.717) is 52.2 Å². The number of thioether (sulfide) groups is 1. The molecule has 3 saturated heterocycles. The molecule has 5 rings (SSSR count). The van der Waals surface area contributed by atoms with Crippen LogP contribution < -0.4 is 15.4 Å². The minimum absolute atomic E-state index is 0.0407. The standard InChI is InChI=1S/C27H29N5O4S3/c1-3-31-24(30-12-10-29(11-13-30)19-7-5-4-6-8-19)21(18(2)22(16-28)25(31)33)15-23-26(34)32(27(37)38-23)20-9-14-39(35,36)17-20/h4-8,15,20H,3,9-14,17H2,1-2H3/b23-15+. The third-order valence-corrected chi connectivity index (χ3v) is 10.6. The zero-order valence-corrected chi connectivity index (χ0v) is 24.2. The summed E-state index contributed by atoms with van der Waals surface area (Å²) < 4.78 is 26.1. The lowest BCUT2D eigenvalue weighted by Crippen LogP contribution is -2.48. The Morgan fingerprint density at radius 1 is 1.13 bits per heavy atom. The second kappa shape index (κ2) is 10.8. The fourth-order valence-corrected chi connectivity index (χ4v) is 8.58. The van der Waals surface area contributed by atoms with Gasteiger partial charge in [0.2, 0.25) is 0 Å². The van der Waals surface area contributed by atoms with Gasteiger partial charge in [0.15, 0.2) is 9.84 Å². The normalized spacial score (nSPS) is 22.1. The topological polar surface area (TPSA) is 107 Å². The summed E-state index contributed by atoms with van der Waals surface area (Å²) >= 11 is 6.63. The molecule has 9 nitrogen and oxygen atoms in total. The molecule has 0 aliphatic carbocycles. The summed E-state index contributed by atoms with van der Waals surface area (Å²) in [5.41, 5.74) is 1.99. The first-order valence-electron chi connectivity index (χ1n) is 12.8. The van der Waals surface area contributed by atoms with Gasteiger partial charge in [-0.1, -0.05) is 42.2 Å². The van der Waals surface area contributed by atoms with E-state index in [9.17, 15) is 23.3 Å². The van der Waals surface area contributed by atoms with Gasteiger partial charge in [0, 0.05) is 44.0 Å². The first-order valence-corrected chi connectivity index (χ1v) is 15.9. The van der Waals surface area contributed by atoms with Crippen LogP contribution in [0.3, 0.4) is 0 Å². The van der Waals surface area contributed by atoms with Crippen LogP contribution in [0.15, 0.2) is 40.0 Å². The minimum Gasteiger partial charge on any atom is -0.368 e. The van der Waals surface area contributed by atoms with Crippen LogP contribution >= 0.6 is 24.0 Å². The molecule has 12 heteroatoms. The van der Waals surface area contributed by atoms with Crippen LogP contribution in [-0.2, 0) is 21.2 Å². The minimum atomic E-state index is -3.20. The lowest BCUT2D eigenvalue weighted by molar-refractivity contribution is -0.123. The zero-order valence-electron chi connectivity index (χ0n) is 21.8. The summed E-state index contributed by atoms with van der Waals surface area (Å²) in [6.07, 6.45) is 2.08. The van der Waals surface area contributed by atoms with Gasteiger partial charge in [-0.2, -0.15) is 5.26 Å². The third-order valence-electron chi connectivity index (χ3n) is 7.54. The first-order chi connectivity index (χ1) is 18.6. The van der Waals surface area contributed by atoms with Gasteiger partial charge in [0.1, 0.15) is 21.8 Å². The molecule has 1 aromatic carbocycles. The molecular formula is C27H29N5O4S3. The van der Waals surface area contributed by atoms with Crippen molar-refractivity contribution in [3.05, 3.63) is 62.3 Å². The number of para-hydroxylation sites is 1. The molecule has 1 aromatic heterocycles. The molecule has 1 atom stereocenters. The summed E-state index contributed by atoms with van der Waals surface area (Å²) in [6.45, 7) is 6.77. The quantitative estimate of drug-likeness (QED) is 0.388. The molecule has 0 saturated carbocycles. The van der Waals surface area contributed by atoms with Crippen LogP contribution in [0, 0.1) is 18.3 Å². The molecule has 3 aliphatic rings. The monoisotopic (exact) mass is 583 g/mol. The van der Waals surface area contributed by atoms with E-state index in [-0.39, 0.29) is 28.5 Å². The molecule has 4 heterocycles. The zero-order chi connectivity index (χ0) is 27.9. The fourth-order valence-electron chi connectivity index (χ4n) is 5.50. The van der Waals surface area contributed by atoms with Crippen molar-refractivity contribution in [2.45, 2.75) is 32.9 Å². The van der Waals surface area contributed by atoms with Crippen molar-refractivity contribution in [2.24, 2.45) is 0 Å². The number of nitriles is 1. The summed E-state index contributed by atoms with van der Waals surface area (Å²) in [6, 6.07) is 11.7. The van der Waals surface area contributed by atoms with E-state index in [4.69, 9.17) is 12.2 Å². The van der Waals surface area contributed by atoms with Crippen molar-refractivity contribution in [2.75, 3.05) is 47.5 Å². The van der Waals surface area contributed by atoms with Crippen molar-refractivity contribution < 1.29 is 13.2 Å². The van der Waals surface area contributed by atoms with Crippen LogP contribution in [0.2, 0.25) is 0 Å². The molecule has 1 unspecified atom stereocenters. The van der Waals surface area contributed by atoms with E-state index >= 15 is 0 Å². The van der Waals surface area contributed by atoms with E-state index in [1.54, 1.807) is 17.6 Å². The maximum Gasteiger partial charge on any atom is 0.270 e. The number of piperazine rings is 1.